The number of hydrogen-bond acceptors (Lipinski definition) is 6. The fraction of sp³-hybridized carbons (Fsp3) is 0.176. The molecule has 2 heterocycles. The number of sulfone groups is 1. The zero-order valence-electron chi connectivity index (χ0n) is 14.2. The molecule has 1 aromatic carbocycles. The van der Waals surface area contributed by atoms with E-state index in [1.807, 2.05) is 0 Å². The van der Waals surface area contributed by atoms with Gasteiger partial charge in [-0.3, -0.25) is 0 Å². The van der Waals surface area contributed by atoms with Crippen molar-refractivity contribution in [2.24, 2.45) is 0 Å². The molecule has 0 fully saturated rings. The molecule has 0 bridgehead atoms. The molecule has 3 aromatic rings. The Bertz CT molecular complexity index is 1020. The van der Waals surface area contributed by atoms with Gasteiger partial charge in [0.1, 0.15) is 0 Å². The van der Waals surface area contributed by atoms with Crippen LogP contribution < -0.4 is 10.1 Å². The van der Waals surface area contributed by atoms with E-state index < -0.39 is 9.84 Å². The third-order valence-corrected chi connectivity index (χ3v) is 5.69. The van der Waals surface area contributed by atoms with Crippen LogP contribution in [0.1, 0.15) is 5.69 Å². The Morgan fingerprint density at radius 2 is 2.00 bits per heavy atom. The van der Waals surface area contributed by atoms with Crippen LogP contribution in [0, 0.1) is 0 Å². The van der Waals surface area contributed by atoms with Crippen molar-refractivity contribution in [3.63, 3.8) is 0 Å². The molecule has 3 rings (SSSR count). The van der Waals surface area contributed by atoms with Crippen LogP contribution in [0.15, 0.2) is 58.6 Å². The van der Waals surface area contributed by atoms with E-state index in [0.717, 1.165) is 0 Å². The molecular formula is C17H17ClN4O3S. The normalized spacial score (nSPS) is 11.5. The summed E-state index contributed by atoms with van der Waals surface area (Å²) in [5, 5.41) is 7.78. The van der Waals surface area contributed by atoms with Crippen molar-refractivity contribution < 1.29 is 13.2 Å². The molecule has 1 N–H and O–H groups in total. The van der Waals surface area contributed by atoms with Crippen molar-refractivity contribution in [1.29, 1.82) is 0 Å². The summed E-state index contributed by atoms with van der Waals surface area (Å²) in [7, 11) is -0.636. The van der Waals surface area contributed by atoms with Crippen LogP contribution in [0.4, 0.5) is 0 Å². The van der Waals surface area contributed by atoms with Crippen LogP contribution in [0.3, 0.4) is 0 Å². The van der Waals surface area contributed by atoms with Crippen molar-refractivity contribution in [2.45, 2.75) is 16.5 Å². The molecule has 0 saturated heterocycles. The van der Waals surface area contributed by atoms with E-state index >= 15 is 0 Å². The Morgan fingerprint density at radius 1 is 1.23 bits per heavy atom. The number of nitrogens with zero attached hydrogens (tertiary/aromatic N) is 3. The minimum atomic E-state index is -3.86. The lowest BCUT2D eigenvalue weighted by Crippen LogP contribution is -2.11. The van der Waals surface area contributed by atoms with E-state index in [0.29, 0.717) is 28.8 Å². The number of pyridine rings is 1. The number of rotatable bonds is 6. The van der Waals surface area contributed by atoms with Gasteiger partial charge < -0.3 is 10.1 Å². The van der Waals surface area contributed by atoms with Crippen LogP contribution >= 0.6 is 11.6 Å². The molecule has 0 saturated carbocycles. The number of nitrogens with one attached hydrogen (secondary N) is 1. The number of methoxy groups -OCH3 is 1. The third-order valence-electron chi connectivity index (χ3n) is 3.67. The molecule has 0 aliphatic carbocycles. The Balaban J connectivity index is 2.17. The lowest BCUT2D eigenvalue weighted by molar-refractivity contribution is 0.397. The van der Waals surface area contributed by atoms with Crippen molar-refractivity contribution in [2.75, 3.05) is 14.2 Å². The van der Waals surface area contributed by atoms with Gasteiger partial charge in [0.05, 0.1) is 28.4 Å². The number of para-hydroxylation sites is 1. The summed E-state index contributed by atoms with van der Waals surface area (Å²) < 4.78 is 32.6. The SMILES string of the molecule is CNCc1cc(S(=O)(=O)c2ccc(OC)nc2)n(-c2ccccc2Cl)n1. The maximum Gasteiger partial charge on any atom is 0.225 e. The molecule has 7 nitrogen and oxygen atoms in total. The second-order valence-electron chi connectivity index (χ2n) is 5.41. The first-order chi connectivity index (χ1) is 12.5. The number of benzene rings is 1. The maximum atomic E-state index is 13.2. The summed E-state index contributed by atoms with van der Waals surface area (Å²) in [6.07, 6.45) is 1.26. The predicted octanol–water partition coefficient (Wildman–Crippen LogP) is 2.48. The van der Waals surface area contributed by atoms with Gasteiger partial charge in [-0.1, -0.05) is 23.7 Å². The van der Waals surface area contributed by atoms with Gasteiger partial charge in [0, 0.05) is 24.9 Å². The van der Waals surface area contributed by atoms with Crippen molar-refractivity contribution in [1.82, 2.24) is 20.1 Å². The fourth-order valence-electron chi connectivity index (χ4n) is 2.43. The predicted molar refractivity (Wildman–Crippen MR) is 97.6 cm³/mol. The minimum Gasteiger partial charge on any atom is -0.481 e. The summed E-state index contributed by atoms with van der Waals surface area (Å²) in [5.74, 6) is 0.333. The van der Waals surface area contributed by atoms with Crippen LogP contribution in [0.25, 0.3) is 5.69 Å². The Hall–Kier alpha value is -2.42. The summed E-state index contributed by atoms with van der Waals surface area (Å²) in [6, 6.07) is 11.4. The van der Waals surface area contributed by atoms with Gasteiger partial charge in [0.15, 0.2) is 5.03 Å². The Morgan fingerprint density at radius 3 is 2.62 bits per heavy atom. The summed E-state index contributed by atoms with van der Waals surface area (Å²) in [5.41, 5.74) is 1.06. The number of hydrogen-bond donors (Lipinski definition) is 1. The molecule has 0 atom stereocenters. The lowest BCUT2D eigenvalue weighted by Gasteiger charge is -2.10. The topological polar surface area (TPSA) is 86.1 Å². The quantitative estimate of drug-likeness (QED) is 0.693. The summed E-state index contributed by atoms with van der Waals surface area (Å²) in [4.78, 5) is 4.03. The van der Waals surface area contributed by atoms with E-state index in [9.17, 15) is 8.42 Å². The maximum absolute atomic E-state index is 13.2. The molecule has 0 spiro atoms. The molecule has 26 heavy (non-hydrogen) atoms. The van der Waals surface area contributed by atoms with Gasteiger partial charge in [-0.05, 0) is 25.2 Å². The molecule has 0 aliphatic heterocycles. The zero-order chi connectivity index (χ0) is 18.7. The minimum absolute atomic E-state index is 0.0165. The van der Waals surface area contributed by atoms with E-state index in [4.69, 9.17) is 16.3 Å². The molecule has 0 radical (unpaired) electrons. The van der Waals surface area contributed by atoms with E-state index in [2.05, 4.69) is 15.4 Å². The summed E-state index contributed by atoms with van der Waals surface area (Å²) >= 11 is 6.25. The number of aromatic nitrogens is 3. The Kier molecular flexibility index (Phi) is 5.26. The average Bonchev–Trinajstić information content (AvgIpc) is 3.07. The van der Waals surface area contributed by atoms with Crippen LogP contribution in [0.5, 0.6) is 5.88 Å². The van der Waals surface area contributed by atoms with Crippen molar-refractivity contribution in [3.8, 4) is 11.6 Å². The molecular weight excluding hydrogens is 376 g/mol. The van der Waals surface area contributed by atoms with Gasteiger partial charge in [0.25, 0.3) is 0 Å². The van der Waals surface area contributed by atoms with E-state index in [-0.39, 0.29) is 9.92 Å². The van der Waals surface area contributed by atoms with Gasteiger partial charge in [-0.25, -0.2) is 18.1 Å². The van der Waals surface area contributed by atoms with Gasteiger partial charge in [-0.2, -0.15) is 5.10 Å². The molecule has 9 heteroatoms. The van der Waals surface area contributed by atoms with Crippen LogP contribution in [0.2, 0.25) is 5.02 Å². The molecule has 136 valence electrons. The highest BCUT2D eigenvalue weighted by Gasteiger charge is 2.26. The average molecular weight is 393 g/mol. The highest BCUT2D eigenvalue weighted by atomic mass is 35.5. The Labute approximate surface area is 156 Å². The molecule has 0 aliphatic rings. The zero-order valence-corrected chi connectivity index (χ0v) is 15.8. The smallest absolute Gasteiger partial charge is 0.225 e. The highest BCUT2D eigenvalue weighted by Crippen LogP contribution is 2.28. The van der Waals surface area contributed by atoms with Gasteiger partial charge >= 0.3 is 0 Å². The first-order valence-electron chi connectivity index (χ1n) is 7.71. The second-order valence-corrected chi connectivity index (χ2v) is 7.71. The highest BCUT2D eigenvalue weighted by molar-refractivity contribution is 7.91. The standard InChI is InChI=1S/C17H17ClN4O3S/c1-19-10-12-9-17(22(21-12)15-6-4-3-5-14(15)18)26(23,24)13-7-8-16(25-2)20-11-13/h3-9,11,19H,10H2,1-2H3. The largest absolute Gasteiger partial charge is 0.481 e. The fourth-order valence-corrected chi connectivity index (χ4v) is 3.99. The molecule has 2 aromatic heterocycles. The van der Waals surface area contributed by atoms with Crippen molar-refractivity contribution >= 4 is 21.4 Å². The third kappa shape index (κ3) is 3.44. The molecule has 0 amide bonds. The second kappa shape index (κ2) is 7.45. The van der Waals surface area contributed by atoms with E-state index in [1.54, 1.807) is 31.3 Å². The van der Waals surface area contributed by atoms with Crippen molar-refractivity contribution in [3.05, 3.63) is 59.4 Å². The van der Waals surface area contributed by atoms with Gasteiger partial charge in [-0.15, -0.1) is 0 Å². The number of ether oxygens (including phenoxy) is 1. The van der Waals surface area contributed by atoms with Gasteiger partial charge in [0.2, 0.25) is 15.7 Å². The monoisotopic (exact) mass is 392 g/mol. The van der Waals surface area contributed by atoms with E-state index in [1.165, 1.54) is 36.2 Å². The first-order valence-corrected chi connectivity index (χ1v) is 9.57. The first kappa shape index (κ1) is 18.4. The number of halogens is 1. The van der Waals surface area contributed by atoms with Crippen LogP contribution in [-0.2, 0) is 16.4 Å². The molecule has 0 unspecified atom stereocenters. The summed E-state index contributed by atoms with van der Waals surface area (Å²) in [6.45, 7) is 0.417. The van der Waals surface area contributed by atoms with Crippen LogP contribution in [-0.4, -0.2) is 37.3 Å². The lowest BCUT2D eigenvalue weighted by atomic mass is 10.3.